The quantitative estimate of drug-likeness (QED) is 0.387. The molecule has 1 aromatic carbocycles. The molecule has 0 atom stereocenters. The summed E-state index contributed by atoms with van der Waals surface area (Å²) in [6.45, 7) is 3.32. The van der Waals surface area contributed by atoms with E-state index < -0.39 is 25.4 Å². The van der Waals surface area contributed by atoms with Crippen molar-refractivity contribution in [3.63, 3.8) is 0 Å². The first-order chi connectivity index (χ1) is 14.0. The first-order valence-corrected chi connectivity index (χ1v) is 11.6. The van der Waals surface area contributed by atoms with Crippen molar-refractivity contribution in [3.8, 4) is 5.75 Å². The highest BCUT2D eigenvalue weighted by Crippen LogP contribution is 2.13. The van der Waals surface area contributed by atoms with Gasteiger partial charge in [-0.15, -0.1) is 9.19 Å². The Morgan fingerprint density at radius 2 is 1.83 bits per heavy atom. The lowest BCUT2D eigenvalue weighted by atomic mass is 10.1. The van der Waals surface area contributed by atoms with Crippen LogP contribution in [0.5, 0.6) is 5.75 Å². The minimum atomic E-state index is -4.22. The molecule has 1 aromatic heterocycles. The first-order valence-electron chi connectivity index (χ1n) is 8.69. The Labute approximate surface area is 175 Å². The number of benzene rings is 1. The van der Waals surface area contributed by atoms with Gasteiger partial charge in [0.25, 0.3) is 15.2 Å². The predicted molar refractivity (Wildman–Crippen MR) is 109 cm³/mol. The Morgan fingerprint density at radius 1 is 1.20 bits per heavy atom. The van der Waals surface area contributed by atoms with Crippen LogP contribution in [0.25, 0.3) is 0 Å². The highest BCUT2D eigenvalue weighted by molar-refractivity contribution is 7.89. The third kappa shape index (κ3) is 5.75. The molecule has 0 fully saturated rings. The van der Waals surface area contributed by atoms with Crippen LogP contribution in [0, 0.1) is 0 Å². The molecule has 14 heteroatoms. The van der Waals surface area contributed by atoms with E-state index in [1.807, 2.05) is 0 Å². The molecule has 2 aromatic rings. The third-order valence-corrected chi connectivity index (χ3v) is 6.38. The number of hydrogen-bond donors (Lipinski definition) is 1. The number of hydrogen-bond acceptors (Lipinski definition) is 9. The van der Waals surface area contributed by atoms with Gasteiger partial charge in [0.1, 0.15) is 23.9 Å². The lowest BCUT2D eigenvalue weighted by Crippen LogP contribution is -2.32. The molecule has 0 radical (unpaired) electrons. The molecule has 0 saturated carbocycles. The van der Waals surface area contributed by atoms with Crippen molar-refractivity contribution in [1.29, 1.82) is 0 Å². The molecule has 30 heavy (non-hydrogen) atoms. The predicted octanol–water partition coefficient (Wildman–Crippen LogP) is 0.0488. The van der Waals surface area contributed by atoms with Crippen molar-refractivity contribution < 1.29 is 26.4 Å². The van der Waals surface area contributed by atoms with E-state index in [0.717, 1.165) is 10.6 Å². The van der Waals surface area contributed by atoms with Crippen LogP contribution < -0.4 is 9.46 Å². The molecule has 1 N–H and O–H groups in total. The van der Waals surface area contributed by atoms with Crippen molar-refractivity contribution >= 4 is 25.9 Å². The second kappa shape index (κ2) is 9.51. The fourth-order valence-electron chi connectivity index (χ4n) is 2.00. The zero-order valence-corrected chi connectivity index (χ0v) is 18.8. The summed E-state index contributed by atoms with van der Waals surface area (Å²) >= 11 is 0. The number of methoxy groups -OCH3 is 1. The third-order valence-electron chi connectivity index (χ3n) is 3.62. The Balaban J connectivity index is 2.25. The van der Waals surface area contributed by atoms with E-state index in [2.05, 4.69) is 20.0 Å². The van der Waals surface area contributed by atoms with Gasteiger partial charge < -0.3 is 9.57 Å². The normalized spacial score (nSPS) is 13.1. The van der Waals surface area contributed by atoms with Gasteiger partial charge in [0.15, 0.2) is 0 Å². The molecule has 0 aliphatic carbocycles. The zero-order chi connectivity index (χ0) is 22.5. The van der Waals surface area contributed by atoms with Gasteiger partial charge in [0.05, 0.1) is 13.7 Å². The highest BCUT2D eigenvalue weighted by Gasteiger charge is 2.25. The zero-order valence-electron chi connectivity index (χ0n) is 17.2. The largest absolute Gasteiger partial charge is 0.497 e. The first kappa shape index (κ1) is 23.7. The summed E-state index contributed by atoms with van der Waals surface area (Å²) in [6, 6.07) is 6.80. The van der Waals surface area contributed by atoms with E-state index in [4.69, 9.17) is 9.57 Å². The molecule has 1 heterocycles. The average molecular weight is 461 g/mol. The van der Waals surface area contributed by atoms with E-state index in [1.165, 1.54) is 21.2 Å². The fourth-order valence-corrected chi connectivity index (χ4v) is 3.57. The van der Waals surface area contributed by atoms with Gasteiger partial charge in [-0.1, -0.05) is 5.16 Å². The fraction of sp³-hybridized carbons (Fsp3) is 0.438. The number of nitrogens with one attached hydrogen (secondary N) is 1. The molecule has 0 aliphatic rings. The molecular formula is C16H24N6O6S2. The summed E-state index contributed by atoms with van der Waals surface area (Å²) in [5, 5.41) is 6.89. The Bertz CT molecular complexity index is 1090. The van der Waals surface area contributed by atoms with Gasteiger partial charge in [-0.2, -0.15) is 12.7 Å². The van der Waals surface area contributed by atoms with Crippen molar-refractivity contribution in [2.24, 2.45) is 5.16 Å². The number of oxime groups is 1. The van der Waals surface area contributed by atoms with Crippen LogP contribution in [0.3, 0.4) is 0 Å². The minimum absolute atomic E-state index is 0.219. The maximum absolute atomic E-state index is 12.5. The van der Waals surface area contributed by atoms with Crippen LogP contribution >= 0.6 is 0 Å². The SMILES string of the molecule is COc1ccc(/C(CNS(=O)(=O)c2ncn(S(=O)(=O)N(C)C)n2)=N/OC(C)C)cc1. The van der Waals surface area contributed by atoms with Crippen LogP contribution in [0.15, 0.2) is 40.9 Å². The maximum Gasteiger partial charge on any atom is 0.323 e. The smallest absolute Gasteiger partial charge is 0.323 e. The molecule has 0 amide bonds. The van der Waals surface area contributed by atoms with Gasteiger partial charge in [-0.25, -0.2) is 18.1 Å². The summed E-state index contributed by atoms with van der Waals surface area (Å²) in [6.07, 6.45) is 0.591. The topological polar surface area (TPSA) is 145 Å². The number of rotatable bonds is 10. The van der Waals surface area contributed by atoms with Crippen molar-refractivity contribution in [3.05, 3.63) is 36.2 Å². The van der Waals surface area contributed by atoms with Crippen molar-refractivity contribution in [1.82, 2.24) is 23.2 Å². The lowest BCUT2D eigenvalue weighted by Gasteiger charge is -2.11. The molecule has 0 spiro atoms. The van der Waals surface area contributed by atoms with Gasteiger partial charge in [0.2, 0.25) is 0 Å². The lowest BCUT2D eigenvalue weighted by molar-refractivity contribution is 0.0858. The standard InChI is InChI=1S/C16H24N6O6S2/c1-12(2)28-20-15(13-6-8-14(27-5)9-7-13)10-18-29(23,24)16-17-11-22(19-16)30(25,26)21(3)4/h6-9,11-12,18H,10H2,1-5H3/b20-15+. The van der Waals surface area contributed by atoms with Gasteiger partial charge in [0, 0.05) is 19.7 Å². The monoisotopic (exact) mass is 460 g/mol. The van der Waals surface area contributed by atoms with Crippen LogP contribution in [0.1, 0.15) is 19.4 Å². The molecule has 0 unspecified atom stereocenters. The Morgan fingerprint density at radius 3 is 2.37 bits per heavy atom. The van der Waals surface area contributed by atoms with Gasteiger partial charge >= 0.3 is 10.2 Å². The number of aromatic nitrogens is 3. The number of sulfonamides is 1. The van der Waals surface area contributed by atoms with Crippen LogP contribution in [0.4, 0.5) is 0 Å². The Kier molecular flexibility index (Phi) is 7.52. The van der Waals surface area contributed by atoms with Crippen LogP contribution in [-0.2, 0) is 25.1 Å². The summed E-state index contributed by atoms with van der Waals surface area (Å²) in [5.74, 6) is 0.625. The molecule has 0 saturated heterocycles. The van der Waals surface area contributed by atoms with Crippen molar-refractivity contribution in [2.45, 2.75) is 25.1 Å². The summed E-state index contributed by atoms with van der Waals surface area (Å²) in [7, 11) is -4.10. The molecule has 2 rings (SSSR count). The summed E-state index contributed by atoms with van der Waals surface area (Å²) < 4.78 is 58.0. The minimum Gasteiger partial charge on any atom is -0.497 e. The van der Waals surface area contributed by atoms with Crippen LogP contribution in [-0.4, -0.2) is 74.9 Å². The maximum atomic E-state index is 12.5. The average Bonchev–Trinajstić information content (AvgIpc) is 3.20. The number of ether oxygens (including phenoxy) is 1. The second-order valence-corrected chi connectivity index (χ2v) is 10.1. The van der Waals surface area contributed by atoms with Gasteiger partial charge in [-0.05, 0) is 38.1 Å². The highest BCUT2D eigenvalue weighted by atomic mass is 32.2. The van der Waals surface area contributed by atoms with Crippen molar-refractivity contribution in [2.75, 3.05) is 27.7 Å². The molecule has 166 valence electrons. The molecule has 12 nitrogen and oxygen atoms in total. The van der Waals surface area contributed by atoms with E-state index >= 15 is 0 Å². The van der Waals surface area contributed by atoms with E-state index in [-0.39, 0.29) is 12.6 Å². The van der Waals surface area contributed by atoms with E-state index in [1.54, 1.807) is 38.1 Å². The van der Waals surface area contributed by atoms with E-state index in [9.17, 15) is 16.8 Å². The molecular weight excluding hydrogens is 436 g/mol. The Hall–Kier alpha value is -2.55. The van der Waals surface area contributed by atoms with E-state index in [0.29, 0.717) is 21.1 Å². The summed E-state index contributed by atoms with van der Waals surface area (Å²) in [4.78, 5) is 8.85. The number of nitrogens with zero attached hydrogens (tertiary/aromatic N) is 5. The summed E-state index contributed by atoms with van der Waals surface area (Å²) in [5.41, 5.74) is 0.906. The molecule has 0 aliphatic heterocycles. The second-order valence-electron chi connectivity index (χ2n) is 6.44. The molecule has 0 bridgehead atoms. The van der Waals surface area contributed by atoms with Crippen LogP contribution in [0.2, 0.25) is 0 Å². The van der Waals surface area contributed by atoms with Gasteiger partial charge in [-0.3, -0.25) is 0 Å².